The van der Waals surface area contributed by atoms with Gasteiger partial charge < -0.3 is 15.1 Å². The van der Waals surface area contributed by atoms with Crippen molar-refractivity contribution in [3.05, 3.63) is 30.0 Å². The Labute approximate surface area is 112 Å². The van der Waals surface area contributed by atoms with Crippen molar-refractivity contribution in [2.45, 2.75) is 26.2 Å². The Bertz CT molecular complexity index is 562. The van der Waals surface area contributed by atoms with Gasteiger partial charge in [0.2, 0.25) is 0 Å². The molecule has 2 aromatic rings. The monoisotopic (exact) mass is 262 g/mol. The third kappa shape index (κ3) is 3.56. The zero-order chi connectivity index (χ0) is 13.7. The average molecular weight is 262 g/mol. The summed E-state index contributed by atoms with van der Waals surface area (Å²) in [5.74, 6) is 0.703. The number of rotatable bonds is 7. The number of aromatic nitrogens is 1. The van der Waals surface area contributed by atoms with Crippen LogP contribution in [0.25, 0.3) is 10.9 Å². The molecule has 0 unspecified atom stereocenters. The molecule has 1 heterocycles. The quantitative estimate of drug-likeness (QED) is 0.731. The number of fused-ring (bicyclic) bond motifs is 1. The Morgan fingerprint density at radius 2 is 2.26 bits per heavy atom. The zero-order valence-electron chi connectivity index (χ0n) is 11.1. The molecule has 0 radical (unpaired) electrons. The fourth-order valence-corrected chi connectivity index (χ4v) is 2.15. The molecule has 2 N–H and O–H groups in total. The van der Waals surface area contributed by atoms with E-state index in [2.05, 4.69) is 4.98 Å². The summed E-state index contributed by atoms with van der Waals surface area (Å²) in [6.07, 6.45) is 4.73. The van der Waals surface area contributed by atoms with Crippen molar-refractivity contribution in [3.8, 4) is 5.75 Å². The molecular weight excluding hydrogens is 243 g/mol. The van der Waals surface area contributed by atoms with Crippen molar-refractivity contribution in [1.82, 2.24) is 4.98 Å². The number of nitrogens with one attached hydrogen (secondary N) is 2. The smallest absolute Gasteiger partial charge is 0.123 e. The van der Waals surface area contributed by atoms with Gasteiger partial charge in [0, 0.05) is 22.8 Å². The first-order valence-corrected chi connectivity index (χ1v) is 6.53. The first-order valence-electron chi connectivity index (χ1n) is 6.53. The third-order valence-electron chi connectivity index (χ3n) is 3.08. The summed E-state index contributed by atoms with van der Waals surface area (Å²) in [6, 6.07) is 5.75. The molecule has 2 rings (SSSR count). The molecular formula is C15H19FN2O. The number of hydrogen-bond acceptors (Lipinski definition) is 2. The maximum atomic E-state index is 12.1. The van der Waals surface area contributed by atoms with Crippen LogP contribution < -0.4 is 4.74 Å². The van der Waals surface area contributed by atoms with Gasteiger partial charge in [-0.05, 0) is 49.9 Å². The summed E-state index contributed by atoms with van der Waals surface area (Å²) in [5.41, 5.74) is 3.00. The molecule has 0 aliphatic heterocycles. The molecule has 0 amide bonds. The van der Waals surface area contributed by atoms with E-state index < -0.39 is 6.67 Å². The Balaban J connectivity index is 2.12. The van der Waals surface area contributed by atoms with Crippen LogP contribution in [-0.2, 0) is 6.42 Å². The molecule has 0 fully saturated rings. The molecule has 102 valence electrons. The van der Waals surface area contributed by atoms with E-state index in [-0.39, 0.29) is 6.61 Å². The maximum absolute atomic E-state index is 12.1. The Hall–Kier alpha value is -1.84. The second kappa shape index (κ2) is 6.36. The number of benzene rings is 1. The van der Waals surface area contributed by atoms with E-state index in [1.165, 1.54) is 5.56 Å². The van der Waals surface area contributed by atoms with Gasteiger partial charge in [-0.1, -0.05) is 0 Å². The van der Waals surface area contributed by atoms with Crippen LogP contribution in [0.5, 0.6) is 5.75 Å². The van der Waals surface area contributed by atoms with E-state index in [1.54, 1.807) is 0 Å². The fourth-order valence-electron chi connectivity index (χ4n) is 2.15. The van der Waals surface area contributed by atoms with Crippen molar-refractivity contribution in [3.63, 3.8) is 0 Å². The number of H-pyrrole nitrogens is 1. The molecule has 3 nitrogen and oxygen atoms in total. The normalized spacial score (nSPS) is 10.8. The number of ether oxygens (including phenoxy) is 1. The second-order valence-electron chi connectivity index (χ2n) is 4.69. The highest BCUT2D eigenvalue weighted by molar-refractivity contribution is 5.84. The number of alkyl halides is 1. The number of halogens is 1. The van der Waals surface area contributed by atoms with E-state index in [4.69, 9.17) is 10.1 Å². The van der Waals surface area contributed by atoms with Crippen LogP contribution in [0, 0.1) is 5.41 Å². The highest BCUT2D eigenvalue weighted by atomic mass is 19.1. The van der Waals surface area contributed by atoms with Crippen molar-refractivity contribution in [2.24, 2.45) is 0 Å². The predicted molar refractivity (Wildman–Crippen MR) is 76.1 cm³/mol. The molecule has 0 bridgehead atoms. The fraction of sp³-hybridized carbons (Fsp3) is 0.400. The SMILES string of the molecule is CC(=N)CCCc1c[nH]c2ccc(OCCF)cc12. The van der Waals surface area contributed by atoms with Crippen LogP contribution in [0.2, 0.25) is 0 Å². The minimum atomic E-state index is -0.476. The summed E-state index contributed by atoms with van der Waals surface area (Å²) in [4.78, 5) is 3.23. The molecule has 4 heteroatoms. The van der Waals surface area contributed by atoms with Crippen molar-refractivity contribution in [1.29, 1.82) is 5.41 Å². The number of aryl methyl sites for hydroxylation is 1. The summed E-state index contributed by atoms with van der Waals surface area (Å²) < 4.78 is 17.4. The summed E-state index contributed by atoms with van der Waals surface area (Å²) >= 11 is 0. The van der Waals surface area contributed by atoms with Gasteiger partial charge in [0.15, 0.2) is 0 Å². The second-order valence-corrected chi connectivity index (χ2v) is 4.69. The number of aromatic amines is 1. The predicted octanol–water partition coefficient (Wildman–Crippen LogP) is 3.88. The van der Waals surface area contributed by atoms with Gasteiger partial charge in [-0.15, -0.1) is 0 Å². The lowest BCUT2D eigenvalue weighted by Crippen LogP contribution is -1.98. The minimum Gasteiger partial charge on any atom is -0.491 e. The molecule has 0 spiro atoms. The molecule has 1 aromatic carbocycles. The lowest BCUT2D eigenvalue weighted by atomic mass is 10.1. The van der Waals surface area contributed by atoms with Crippen LogP contribution in [-0.4, -0.2) is 24.0 Å². The van der Waals surface area contributed by atoms with Gasteiger partial charge in [0.1, 0.15) is 19.0 Å². The summed E-state index contributed by atoms with van der Waals surface area (Å²) in [6.45, 7) is 1.45. The first-order chi connectivity index (χ1) is 9.20. The van der Waals surface area contributed by atoms with Gasteiger partial charge in [0.05, 0.1) is 0 Å². The average Bonchev–Trinajstić information content (AvgIpc) is 2.79. The van der Waals surface area contributed by atoms with Gasteiger partial charge in [0.25, 0.3) is 0 Å². The van der Waals surface area contributed by atoms with E-state index in [0.717, 1.165) is 30.2 Å². The van der Waals surface area contributed by atoms with Gasteiger partial charge in [-0.3, -0.25) is 0 Å². The molecule has 1 aromatic heterocycles. The van der Waals surface area contributed by atoms with Crippen molar-refractivity contribution >= 4 is 16.6 Å². The molecule has 0 saturated carbocycles. The first kappa shape index (κ1) is 13.6. The lowest BCUT2D eigenvalue weighted by Gasteiger charge is -2.04. The topological polar surface area (TPSA) is 48.9 Å². The van der Waals surface area contributed by atoms with E-state index in [9.17, 15) is 4.39 Å². The molecule has 0 atom stereocenters. The highest BCUT2D eigenvalue weighted by Crippen LogP contribution is 2.25. The zero-order valence-corrected chi connectivity index (χ0v) is 11.1. The molecule has 19 heavy (non-hydrogen) atoms. The Morgan fingerprint density at radius 1 is 1.42 bits per heavy atom. The van der Waals surface area contributed by atoms with Gasteiger partial charge >= 0.3 is 0 Å². The van der Waals surface area contributed by atoms with E-state index in [1.807, 2.05) is 31.3 Å². The largest absolute Gasteiger partial charge is 0.491 e. The summed E-state index contributed by atoms with van der Waals surface area (Å²) in [7, 11) is 0. The van der Waals surface area contributed by atoms with Crippen molar-refractivity contribution < 1.29 is 9.13 Å². The molecule has 0 saturated heterocycles. The maximum Gasteiger partial charge on any atom is 0.123 e. The van der Waals surface area contributed by atoms with Crippen LogP contribution in [0.3, 0.4) is 0 Å². The lowest BCUT2D eigenvalue weighted by molar-refractivity contribution is 0.273. The van der Waals surface area contributed by atoms with Crippen LogP contribution in [0.4, 0.5) is 4.39 Å². The highest BCUT2D eigenvalue weighted by Gasteiger charge is 2.05. The van der Waals surface area contributed by atoms with Crippen LogP contribution in [0.1, 0.15) is 25.3 Å². The molecule has 0 aliphatic carbocycles. The van der Waals surface area contributed by atoms with Crippen LogP contribution in [0.15, 0.2) is 24.4 Å². The minimum absolute atomic E-state index is 0.0955. The summed E-state index contributed by atoms with van der Waals surface area (Å²) in [5, 5.41) is 8.56. The third-order valence-corrected chi connectivity index (χ3v) is 3.08. The van der Waals surface area contributed by atoms with Gasteiger partial charge in [-0.25, -0.2) is 4.39 Å². The van der Waals surface area contributed by atoms with E-state index in [0.29, 0.717) is 11.5 Å². The Kier molecular flexibility index (Phi) is 4.55. The standard InChI is InChI=1S/C15H19FN2O/c1-11(17)3-2-4-12-10-18-15-6-5-13(9-14(12)15)19-8-7-16/h5-6,9-10,17-18H,2-4,7-8H2,1H3. The van der Waals surface area contributed by atoms with Crippen molar-refractivity contribution in [2.75, 3.05) is 13.3 Å². The van der Waals surface area contributed by atoms with Gasteiger partial charge in [-0.2, -0.15) is 0 Å². The van der Waals surface area contributed by atoms with E-state index >= 15 is 0 Å². The van der Waals surface area contributed by atoms with Crippen LogP contribution >= 0.6 is 0 Å². The Morgan fingerprint density at radius 3 is 3.00 bits per heavy atom. The number of hydrogen-bond donors (Lipinski definition) is 2. The molecule has 0 aliphatic rings.